The average Bonchev–Trinajstić information content (AvgIpc) is 2.95. The Labute approximate surface area is 237 Å². The summed E-state index contributed by atoms with van der Waals surface area (Å²) in [7, 11) is 1.46. The molecule has 12 heteroatoms. The quantitative estimate of drug-likeness (QED) is 0.214. The number of esters is 2. The van der Waals surface area contributed by atoms with Gasteiger partial charge in [-0.15, -0.1) is 0 Å². The molecule has 0 spiro atoms. The summed E-state index contributed by atoms with van der Waals surface area (Å²) in [5, 5.41) is 29.9. The van der Waals surface area contributed by atoms with Gasteiger partial charge in [-0.05, 0) is 49.6 Å². The third-order valence-corrected chi connectivity index (χ3v) is 6.80. The lowest BCUT2D eigenvalue weighted by Crippen LogP contribution is -2.57. The fourth-order valence-electron chi connectivity index (χ4n) is 4.67. The molecule has 2 aromatic carbocycles. The van der Waals surface area contributed by atoms with Gasteiger partial charge in [0, 0.05) is 19.4 Å². The van der Waals surface area contributed by atoms with E-state index in [0.29, 0.717) is 35.7 Å². The number of aliphatic hydroxyl groups excluding tert-OH is 3. The molecule has 1 fully saturated rings. The predicted octanol–water partition coefficient (Wildman–Crippen LogP) is 1.84. The zero-order valence-corrected chi connectivity index (χ0v) is 23.3. The molecular weight excluding hydrogens is 540 g/mol. The summed E-state index contributed by atoms with van der Waals surface area (Å²) in [5.74, 6) is 0.629. The third-order valence-electron chi connectivity index (χ3n) is 6.80. The van der Waals surface area contributed by atoms with E-state index in [0.717, 1.165) is 5.56 Å². The summed E-state index contributed by atoms with van der Waals surface area (Å²) in [6, 6.07) is 10.5. The van der Waals surface area contributed by atoms with Crippen molar-refractivity contribution in [2.45, 2.75) is 76.5 Å². The standard InChI is InChI=1S/C29H36O12/c1-15-25(32)26(33)27(34)29(38-15)36-11-5-6-18-7-9-21-23(12-18)41-28(24(40-21)14-37-16(2)30)19-8-10-20(39-17(3)31)22(13-19)35-4/h7-10,12-13,15,24-29,32-34H,5-6,11,14H2,1-4H3/t15-,24+,25-,26+,27+,28+,29-/m0/s1. The monoisotopic (exact) mass is 576 g/mol. The molecule has 2 heterocycles. The van der Waals surface area contributed by atoms with Gasteiger partial charge in [0.15, 0.2) is 41.5 Å². The van der Waals surface area contributed by atoms with E-state index >= 15 is 0 Å². The van der Waals surface area contributed by atoms with Crippen LogP contribution >= 0.6 is 0 Å². The number of aliphatic hydroxyl groups is 3. The van der Waals surface area contributed by atoms with Crippen molar-refractivity contribution in [3.63, 3.8) is 0 Å². The van der Waals surface area contributed by atoms with Gasteiger partial charge in [0.1, 0.15) is 24.9 Å². The van der Waals surface area contributed by atoms with Crippen LogP contribution < -0.4 is 18.9 Å². The largest absolute Gasteiger partial charge is 0.493 e. The number of fused-ring (bicyclic) bond motifs is 1. The number of methoxy groups -OCH3 is 1. The molecule has 3 N–H and O–H groups in total. The van der Waals surface area contributed by atoms with Crippen molar-refractivity contribution in [3.8, 4) is 23.0 Å². The van der Waals surface area contributed by atoms with E-state index < -0.39 is 54.9 Å². The fraction of sp³-hybridized carbons (Fsp3) is 0.517. The lowest BCUT2D eigenvalue weighted by molar-refractivity contribution is -0.293. The van der Waals surface area contributed by atoms with E-state index in [1.807, 2.05) is 12.1 Å². The molecule has 2 aliphatic rings. The van der Waals surface area contributed by atoms with Crippen molar-refractivity contribution in [1.29, 1.82) is 0 Å². The molecule has 0 amide bonds. The number of aryl methyl sites for hydroxylation is 1. The van der Waals surface area contributed by atoms with Crippen molar-refractivity contribution < 1.29 is 58.1 Å². The van der Waals surface area contributed by atoms with Gasteiger partial charge in [-0.3, -0.25) is 9.59 Å². The van der Waals surface area contributed by atoms with E-state index in [-0.39, 0.29) is 19.0 Å². The molecule has 7 atom stereocenters. The summed E-state index contributed by atoms with van der Waals surface area (Å²) in [5.41, 5.74) is 1.59. The molecule has 0 aromatic heterocycles. The van der Waals surface area contributed by atoms with Gasteiger partial charge in [-0.1, -0.05) is 12.1 Å². The van der Waals surface area contributed by atoms with Crippen LogP contribution in [-0.2, 0) is 30.2 Å². The van der Waals surface area contributed by atoms with Crippen LogP contribution in [0.25, 0.3) is 0 Å². The second kappa shape index (κ2) is 13.5. The first-order valence-electron chi connectivity index (χ1n) is 13.3. The van der Waals surface area contributed by atoms with Gasteiger partial charge in [-0.25, -0.2) is 0 Å². The van der Waals surface area contributed by atoms with Crippen molar-refractivity contribution in [2.24, 2.45) is 0 Å². The van der Waals surface area contributed by atoms with Gasteiger partial charge in [-0.2, -0.15) is 0 Å². The van der Waals surface area contributed by atoms with Crippen LogP contribution in [0, 0.1) is 0 Å². The number of hydrogen-bond donors (Lipinski definition) is 3. The highest BCUT2D eigenvalue weighted by Gasteiger charge is 2.42. The first kappa shape index (κ1) is 30.5. The van der Waals surface area contributed by atoms with Gasteiger partial charge in [0.05, 0.1) is 19.8 Å². The van der Waals surface area contributed by atoms with E-state index in [1.54, 1.807) is 31.2 Å². The smallest absolute Gasteiger partial charge is 0.308 e. The lowest BCUT2D eigenvalue weighted by atomic mass is 10.00. The molecule has 2 aliphatic heterocycles. The molecule has 0 unspecified atom stereocenters. The van der Waals surface area contributed by atoms with Crippen molar-refractivity contribution in [1.82, 2.24) is 0 Å². The molecule has 0 saturated carbocycles. The highest BCUT2D eigenvalue weighted by atomic mass is 16.7. The van der Waals surface area contributed by atoms with Crippen molar-refractivity contribution >= 4 is 11.9 Å². The topological polar surface area (TPSA) is 159 Å². The van der Waals surface area contributed by atoms with E-state index in [4.69, 9.17) is 33.2 Å². The average molecular weight is 577 g/mol. The molecule has 2 aromatic rings. The van der Waals surface area contributed by atoms with Crippen LogP contribution in [0.1, 0.15) is 44.4 Å². The minimum absolute atomic E-state index is 0.0496. The number of rotatable bonds is 10. The van der Waals surface area contributed by atoms with E-state index in [2.05, 4.69) is 0 Å². The molecule has 41 heavy (non-hydrogen) atoms. The number of ether oxygens (including phenoxy) is 7. The Morgan fingerprint density at radius 2 is 1.68 bits per heavy atom. The molecule has 224 valence electrons. The van der Waals surface area contributed by atoms with Crippen molar-refractivity contribution in [3.05, 3.63) is 47.5 Å². The first-order chi connectivity index (χ1) is 19.6. The summed E-state index contributed by atoms with van der Waals surface area (Å²) in [6.07, 6.45) is -5.75. The maximum absolute atomic E-state index is 11.5. The van der Waals surface area contributed by atoms with Gasteiger partial charge >= 0.3 is 11.9 Å². The summed E-state index contributed by atoms with van der Waals surface area (Å²) in [4.78, 5) is 23.0. The van der Waals surface area contributed by atoms with Crippen LogP contribution in [-0.4, -0.2) is 84.4 Å². The van der Waals surface area contributed by atoms with Crippen LogP contribution in [0.2, 0.25) is 0 Å². The van der Waals surface area contributed by atoms with Gasteiger partial charge in [0.2, 0.25) is 0 Å². The van der Waals surface area contributed by atoms with Crippen LogP contribution in [0.15, 0.2) is 36.4 Å². The zero-order chi connectivity index (χ0) is 29.7. The minimum atomic E-state index is -1.35. The Bertz CT molecular complexity index is 1220. The first-order valence-corrected chi connectivity index (χ1v) is 13.3. The second-order valence-electron chi connectivity index (χ2n) is 9.94. The zero-order valence-electron chi connectivity index (χ0n) is 23.3. The summed E-state index contributed by atoms with van der Waals surface area (Å²) in [6.45, 7) is 4.40. The van der Waals surface area contributed by atoms with Crippen LogP contribution in [0.3, 0.4) is 0 Å². The third kappa shape index (κ3) is 7.46. The summed E-state index contributed by atoms with van der Waals surface area (Å²) < 4.78 is 39.5. The Balaban J connectivity index is 1.45. The normalized spacial score (nSPS) is 27.1. The maximum Gasteiger partial charge on any atom is 0.308 e. The Morgan fingerprint density at radius 3 is 2.39 bits per heavy atom. The van der Waals surface area contributed by atoms with Gasteiger partial charge in [0.25, 0.3) is 0 Å². The van der Waals surface area contributed by atoms with E-state index in [1.165, 1.54) is 21.0 Å². The van der Waals surface area contributed by atoms with Crippen LogP contribution in [0.5, 0.6) is 23.0 Å². The highest BCUT2D eigenvalue weighted by molar-refractivity contribution is 5.70. The minimum Gasteiger partial charge on any atom is -0.493 e. The molecule has 1 saturated heterocycles. The van der Waals surface area contributed by atoms with Gasteiger partial charge < -0.3 is 48.5 Å². The highest BCUT2D eigenvalue weighted by Crippen LogP contribution is 2.42. The second-order valence-corrected chi connectivity index (χ2v) is 9.94. The fourth-order valence-corrected chi connectivity index (χ4v) is 4.67. The Hall–Kier alpha value is -3.42. The molecule has 0 aliphatic carbocycles. The maximum atomic E-state index is 11.5. The molecule has 12 nitrogen and oxygen atoms in total. The number of carbonyl (C=O) groups is 2. The predicted molar refractivity (Wildman–Crippen MR) is 142 cm³/mol. The number of carbonyl (C=O) groups excluding carboxylic acids is 2. The SMILES string of the molecule is COc1cc([C@H]2Oc3cc(CCCO[C@H]4O[C@@H](C)[C@H](O)[C@@H](O)[C@H]4O)ccc3O[C@@H]2COC(C)=O)ccc1OC(C)=O. The lowest BCUT2D eigenvalue weighted by Gasteiger charge is -2.38. The molecular formula is C29H36O12. The molecule has 0 bridgehead atoms. The van der Waals surface area contributed by atoms with E-state index in [9.17, 15) is 24.9 Å². The van der Waals surface area contributed by atoms with Crippen LogP contribution in [0.4, 0.5) is 0 Å². The van der Waals surface area contributed by atoms with Crippen molar-refractivity contribution in [2.75, 3.05) is 20.3 Å². The number of benzene rings is 2. The number of hydrogen-bond acceptors (Lipinski definition) is 12. The molecule has 4 rings (SSSR count). The Morgan fingerprint density at radius 1 is 0.902 bits per heavy atom. The Kier molecular flexibility index (Phi) is 10.1. The molecule has 0 radical (unpaired) electrons. The summed E-state index contributed by atoms with van der Waals surface area (Å²) >= 11 is 0.